The number of aliphatic hydroxyl groups is 1. The molecule has 0 bridgehead atoms. The van der Waals surface area contributed by atoms with E-state index in [0.29, 0.717) is 29.8 Å². The van der Waals surface area contributed by atoms with Crippen LogP contribution in [0.2, 0.25) is 0 Å². The lowest BCUT2D eigenvalue weighted by Gasteiger charge is -2.29. The highest BCUT2D eigenvalue weighted by atomic mass is 32.1. The number of thiazole rings is 1. The first-order chi connectivity index (χ1) is 16.9. The number of halogens is 1. The first-order valence-corrected chi connectivity index (χ1v) is 12.9. The van der Waals surface area contributed by atoms with Gasteiger partial charge in [-0.25, -0.2) is 9.37 Å². The smallest absolute Gasteiger partial charge is 0.251 e. The number of benzene rings is 2. The van der Waals surface area contributed by atoms with Crippen LogP contribution in [-0.2, 0) is 0 Å². The Morgan fingerprint density at radius 1 is 1.23 bits per heavy atom. The molecular weight excluding hydrogens is 465 g/mol. The van der Waals surface area contributed by atoms with Crippen LogP contribution in [0.5, 0.6) is 0 Å². The zero-order valence-electron chi connectivity index (χ0n) is 19.5. The Morgan fingerprint density at radius 2 is 2.06 bits per heavy atom. The zero-order chi connectivity index (χ0) is 24.1. The fraction of sp³-hybridized carbons (Fsp3) is 0.385. The molecule has 0 radical (unpaired) electrons. The van der Waals surface area contributed by atoms with Gasteiger partial charge in [0.25, 0.3) is 5.91 Å². The molecule has 2 atom stereocenters. The summed E-state index contributed by atoms with van der Waals surface area (Å²) in [6.07, 6.45) is 3.98. The van der Waals surface area contributed by atoms with Gasteiger partial charge in [-0.2, -0.15) is 0 Å². The number of aliphatic hydroxyl groups excluding tert-OH is 1. The summed E-state index contributed by atoms with van der Waals surface area (Å²) in [6, 6.07) is 11.1. The third kappa shape index (κ3) is 4.33. The van der Waals surface area contributed by atoms with Gasteiger partial charge in [0.05, 0.1) is 22.0 Å². The summed E-state index contributed by atoms with van der Waals surface area (Å²) in [5.41, 5.74) is 3.45. The minimum atomic E-state index is -0.392. The van der Waals surface area contributed by atoms with Crippen LogP contribution < -0.4 is 10.6 Å². The molecule has 1 amide bonds. The predicted octanol–water partition coefficient (Wildman–Crippen LogP) is 3.57. The Labute approximate surface area is 206 Å². The van der Waals surface area contributed by atoms with E-state index in [1.807, 2.05) is 34.9 Å². The van der Waals surface area contributed by atoms with Gasteiger partial charge in [-0.1, -0.05) is 17.4 Å². The summed E-state index contributed by atoms with van der Waals surface area (Å²) in [6.45, 7) is 2.52. The molecule has 2 aliphatic rings. The fourth-order valence-corrected chi connectivity index (χ4v) is 6.17. The van der Waals surface area contributed by atoms with Gasteiger partial charge in [0, 0.05) is 36.0 Å². The molecule has 0 unspecified atom stereocenters. The van der Waals surface area contributed by atoms with Gasteiger partial charge >= 0.3 is 0 Å². The summed E-state index contributed by atoms with van der Waals surface area (Å²) in [4.78, 5) is 20.5. The van der Waals surface area contributed by atoms with Crippen LogP contribution in [-0.4, -0.2) is 64.1 Å². The number of rotatable bonds is 4. The van der Waals surface area contributed by atoms with Crippen molar-refractivity contribution < 1.29 is 14.3 Å². The third-order valence-electron chi connectivity index (χ3n) is 7.19. The second-order valence-corrected chi connectivity index (χ2v) is 10.7. The number of imidazole rings is 1. The minimum absolute atomic E-state index is 0.0335. The number of piperidine rings is 1. The van der Waals surface area contributed by atoms with E-state index in [1.54, 1.807) is 6.07 Å². The Kier molecular flexibility index (Phi) is 5.80. The number of likely N-dealkylation sites (tertiary alicyclic amines) is 1. The lowest BCUT2D eigenvalue weighted by Crippen LogP contribution is -2.43. The highest BCUT2D eigenvalue weighted by Crippen LogP contribution is 2.33. The zero-order valence-corrected chi connectivity index (χ0v) is 20.3. The number of fused-ring (bicyclic) bond motifs is 3. The van der Waals surface area contributed by atoms with Crippen molar-refractivity contribution in [3.05, 3.63) is 59.5 Å². The van der Waals surface area contributed by atoms with Crippen LogP contribution in [0, 0.1) is 5.82 Å². The Balaban J connectivity index is 1.23. The summed E-state index contributed by atoms with van der Waals surface area (Å²) in [5, 5.41) is 16.1. The molecule has 35 heavy (non-hydrogen) atoms. The summed E-state index contributed by atoms with van der Waals surface area (Å²) >= 11 is 1.49. The molecule has 0 aliphatic carbocycles. The first-order valence-electron chi connectivity index (χ1n) is 12.1. The number of aromatic nitrogens is 2. The molecule has 182 valence electrons. The number of nitrogens with one attached hydrogen (secondary N) is 2. The number of carbonyl (C=O) groups excluding carboxylic acids is 1. The van der Waals surface area contributed by atoms with E-state index in [0.717, 1.165) is 46.7 Å². The van der Waals surface area contributed by atoms with E-state index in [4.69, 9.17) is 0 Å². The van der Waals surface area contributed by atoms with E-state index in [2.05, 4.69) is 27.6 Å². The van der Waals surface area contributed by atoms with Crippen molar-refractivity contribution in [2.24, 2.45) is 0 Å². The van der Waals surface area contributed by atoms with Gasteiger partial charge < -0.3 is 20.6 Å². The van der Waals surface area contributed by atoms with Crippen LogP contribution in [0.4, 0.5) is 4.39 Å². The molecule has 6 rings (SSSR count). The number of β-amino-alcohol motifs (C(OH)–C–C–N with tert-alkyl or cyclic N) is 1. The van der Waals surface area contributed by atoms with E-state index in [9.17, 15) is 9.90 Å². The largest absolute Gasteiger partial charge is 0.392 e. The summed E-state index contributed by atoms with van der Waals surface area (Å²) in [7, 11) is 2.11. The van der Waals surface area contributed by atoms with Gasteiger partial charge in [0.1, 0.15) is 5.82 Å². The SMILES string of the molecule is CN1CCC(NC(=O)c2ccc3c(c2)sc2nc(-c4ccc([C@H]5C[C@@H](O)CN5)cc4F)cn23)CC1. The van der Waals surface area contributed by atoms with Crippen molar-refractivity contribution in [2.45, 2.75) is 37.5 Å². The Bertz CT molecular complexity index is 1410. The average Bonchev–Trinajstić information content (AvgIpc) is 3.54. The van der Waals surface area contributed by atoms with Crippen molar-refractivity contribution >= 4 is 32.4 Å². The monoisotopic (exact) mass is 493 g/mol. The lowest BCUT2D eigenvalue weighted by molar-refractivity contribution is 0.0917. The topological polar surface area (TPSA) is 81.9 Å². The molecule has 7 nitrogen and oxygen atoms in total. The quantitative estimate of drug-likeness (QED) is 0.405. The van der Waals surface area contributed by atoms with Gasteiger partial charge in [-0.05, 0) is 75.3 Å². The number of hydrogen-bond acceptors (Lipinski definition) is 6. The third-order valence-corrected chi connectivity index (χ3v) is 8.21. The van der Waals surface area contributed by atoms with Crippen LogP contribution in [0.15, 0.2) is 42.6 Å². The second kappa shape index (κ2) is 8.98. The van der Waals surface area contributed by atoms with Crippen molar-refractivity contribution in [3.8, 4) is 11.3 Å². The standard InChI is InChI=1S/C26H28FN5O2S/c1-31-8-6-17(7-9-31)29-25(34)16-3-5-23-24(11-16)35-26-30-22(14-32(23)26)19-4-2-15(10-20(19)27)21-12-18(33)13-28-21/h2-5,10-11,14,17-18,21,28,33H,6-9,12-13H2,1H3,(H,29,34)/t18-,21-/m1/s1. The van der Waals surface area contributed by atoms with E-state index >= 15 is 4.39 Å². The van der Waals surface area contributed by atoms with Gasteiger partial charge in [0.15, 0.2) is 4.96 Å². The van der Waals surface area contributed by atoms with Crippen molar-refractivity contribution in [3.63, 3.8) is 0 Å². The van der Waals surface area contributed by atoms with Crippen LogP contribution in [0.25, 0.3) is 26.4 Å². The highest BCUT2D eigenvalue weighted by molar-refractivity contribution is 7.23. The maximum Gasteiger partial charge on any atom is 0.251 e. The minimum Gasteiger partial charge on any atom is -0.392 e. The van der Waals surface area contributed by atoms with Gasteiger partial charge in [-0.3, -0.25) is 9.20 Å². The molecule has 0 spiro atoms. The molecule has 0 saturated carbocycles. The molecule has 2 fully saturated rings. The number of hydrogen-bond donors (Lipinski definition) is 3. The normalized spacial score (nSPS) is 21.8. The molecule has 9 heteroatoms. The van der Waals surface area contributed by atoms with Crippen molar-refractivity contribution in [1.29, 1.82) is 0 Å². The molecule has 4 heterocycles. The maximum atomic E-state index is 15.0. The molecular formula is C26H28FN5O2S. The maximum absolute atomic E-state index is 15.0. The summed E-state index contributed by atoms with van der Waals surface area (Å²) in [5.74, 6) is -0.367. The van der Waals surface area contributed by atoms with Crippen molar-refractivity contribution in [1.82, 2.24) is 24.9 Å². The average molecular weight is 494 g/mol. The molecule has 3 N–H and O–H groups in total. The number of amides is 1. The molecule has 4 aromatic rings. The molecule has 2 aromatic carbocycles. The first kappa shape index (κ1) is 22.6. The predicted molar refractivity (Wildman–Crippen MR) is 135 cm³/mol. The summed E-state index contributed by atoms with van der Waals surface area (Å²) < 4.78 is 17.9. The van der Waals surface area contributed by atoms with Crippen LogP contribution in [0.1, 0.15) is 41.2 Å². The van der Waals surface area contributed by atoms with Crippen LogP contribution >= 0.6 is 11.3 Å². The van der Waals surface area contributed by atoms with Crippen LogP contribution in [0.3, 0.4) is 0 Å². The van der Waals surface area contributed by atoms with Crippen molar-refractivity contribution in [2.75, 3.05) is 26.7 Å². The lowest BCUT2D eigenvalue weighted by atomic mass is 10.0. The van der Waals surface area contributed by atoms with E-state index in [1.165, 1.54) is 17.4 Å². The van der Waals surface area contributed by atoms with E-state index in [-0.39, 0.29) is 23.8 Å². The fourth-order valence-electron chi connectivity index (χ4n) is 5.12. The Hall–Kier alpha value is -2.85. The molecule has 2 aromatic heterocycles. The Morgan fingerprint density at radius 3 is 2.80 bits per heavy atom. The molecule has 2 aliphatic heterocycles. The number of nitrogens with zero attached hydrogens (tertiary/aromatic N) is 3. The van der Waals surface area contributed by atoms with Gasteiger partial charge in [0.2, 0.25) is 0 Å². The second-order valence-electron chi connectivity index (χ2n) is 9.70. The number of carbonyl (C=O) groups is 1. The van der Waals surface area contributed by atoms with E-state index < -0.39 is 6.10 Å². The highest BCUT2D eigenvalue weighted by Gasteiger charge is 2.25. The molecule has 2 saturated heterocycles. The van der Waals surface area contributed by atoms with Gasteiger partial charge in [-0.15, -0.1) is 0 Å².